The first-order chi connectivity index (χ1) is 12.2. The molecule has 0 saturated carbocycles. The Morgan fingerprint density at radius 2 is 2.00 bits per heavy atom. The highest BCUT2D eigenvalue weighted by Gasteiger charge is 2.18. The summed E-state index contributed by atoms with van der Waals surface area (Å²) in [5.74, 6) is 0.777. The molecule has 0 fully saturated rings. The number of tetrazole rings is 1. The molecule has 0 unspecified atom stereocenters. The predicted octanol–water partition coefficient (Wildman–Crippen LogP) is 2.72. The number of para-hydroxylation sites is 1. The number of aromatic nitrogens is 4. The van der Waals surface area contributed by atoms with Gasteiger partial charge in [0.15, 0.2) is 5.82 Å². The van der Waals surface area contributed by atoms with Crippen LogP contribution in [0.25, 0.3) is 5.69 Å². The molecular formula is C18H18N6O. The number of carbonyl (C=O) groups excluding carboxylic acids is 1. The first kappa shape index (κ1) is 15.3. The molecule has 0 bridgehead atoms. The number of nitrogens with zero attached hydrogens (tertiary/aromatic N) is 4. The second kappa shape index (κ2) is 6.35. The van der Waals surface area contributed by atoms with Gasteiger partial charge in [0.2, 0.25) is 5.91 Å². The minimum atomic E-state index is -0.104. The van der Waals surface area contributed by atoms with Gasteiger partial charge in [0.25, 0.3) is 0 Å². The van der Waals surface area contributed by atoms with Gasteiger partial charge in [0, 0.05) is 17.8 Å². The number of fused-ring (bicyclic) bond motifs is 1. The van der Waals surface area contributed by atoms with Gasteiger partial charge < -0.3 is 10.6 Å². The van der Waals surface area contributed by atoms with Gasteiger partial charge in [-0.2, -0.15) is 4.68 Å². The van der Waals surface area contributed by atoms with Gasteiger partial charge in [-0.15, -0.1) is 5.10 Å². The van der Waals surface area contributed by atoms with E-state index in [1.54, 1.807) is 4.68 Å². The first-order valence-corrected chi connectivity index (χ1v) is 8.24. The second-order valence-corrected chi connectivity index (χ2v) is 6.07. The maximum Gasteiger partial charge on any atom is 0.224 e. The Hall–Kier alpha value is -3.22. The summed E-state index contributed by atoms with van der Waals surface area (Å²) in [4.78, 5) is 11.6. The van der Waals surface area contributed by atoms with E-state index in [0.717, 1.165) is 29.0 Å². The van der Waals surface area contributed by atoms with Gasteiger partial charge in [-0.1, -0.05) is 24.3 Å². The van der Waals surface area contributed by atoms with E-state index in [1.165, 1.54) is 0 Å². The zero-order valence-corrected chi connectivity index (χ0v) is 13.8. The van der Waals surface area contributed by atoms with Crippen LogP contribution in [0.1, 0.15) is 30.8 Å². The highest BCUT2D eigenvalue weighted by atomic mass is 16.1. The number of anilines is 2. The van der Waals surface area contributed by atoms with Crippen molar-refractivity contribution in [3.63, 3.8) is 0 Å². The Morgan fingerprint density at radius 1 is 1.16 bits per heavy atom. The van der Waals surface area contributed by atoms with E-state index in [9.17, 15) is 4.79 Å². The van der Waals surface area contributed by atoms with E-state index in [4.69, 9.17) is 0 Å². The molecule has 0 aliphatic carbocycles. The molecule has 126 valence electrons. The normalized spacial score (nSPS) is 14.5. The highest BCUT2D eigenvalue weighted by Crippen LogP contribution is 2.28. The minimum absolute atomic E-state index is 0.0609. The third-order valence-corrected chi connectivity index (χ3v) is 4.27. The summed E-state index contributed by atoms with van der Waals surface area (Å²) in [7, 11) is 0. The molecule has 4 rings (SSSR count). The zero-order chi connectivity index (χ0) is 17.2. The van der Waals surface area contributed by atoms with Gasteiger partial charge >= 0.3 is 0 Å². The van der Waals surface area contributed by atoms with Crippen molar-refractivity contribution in [2.75, 3.05) is 10.6 Å². The molecule has 25 heavy (non-hydrogen) atoms. The molecule has 1 aliphatic rings. The first-order valence-electron chi connectivity index (χ1n) is 8.24. The predicted molar refractivity (Wildman–Crippen MR) is 94.6 cm³/mol. The fourth-order valence-corrected chi connectivity index (χ4v) is 2.99. The molecule has 1 atom stereocenters. The molecule has 7 heteroatoms. The number of rotatable bonds is 4. The van der Waals surface area contributed by atoms with Gasteiger partial charge in [0.05, 0.1) is 11.7 Å². The molecule has 7 nitrogen and oxygen atoms in total. The van der Waals surface area contributed by atoms with Crippen molar-refractivity contribution < 1.29 is 4.79 Å². The molecule has 1 amide bonds. The van der Waals surface area contributed by atoms with Crippen LogP contribution in [0.5, 0.6) is 0 Å². The Labute approximate surface area is 145 Å². The summed E-state index contributed by atoms with van der Waals surface area (Å²) in [6.07, 6.45) is 1.32. The van der Waals surface area contributed by atoms with Crippen molar-refractivity contribution in [1.29, 1.82) is 0 Å². The van der Waals surface area contributed by atoms with E-state index in [0.29, 0.717) is 12.2 Å². The molecule has 2 aromatic carbocycles. The summed E-state index contributed by atoms with van der Waals surface area (Å²) in [5, 5.41) is 18.4. The maximum absolute atomic E-state index is 11.6. The van der Waals surface area contributed by atoms with E-state index in [2.05, 4.69) is 26.2 Å². The third-order valence-electron chi connectivity index (χ3n) is 4.27. The Balaban J connectivity index is 1.57. The summed E-state index contributed by atoms with van der Waals surface area (Å²) in [6.45, 7) is 2.00. The zero-order valence-electron chi connectivity index (χ0n) is 13.8. The van der Waals surface area contributed by atoms with Crippen LogP contribution in [-0.2, 0) is 11.2 Å². The van der Waals surface area contributed by atoms with Gasteiger partial charge in [-0.25, -0.2) is 0 Å². The van der Waals surface area contributed by atoms with Gasteiger partial charge in [0.1, 0.15) is 0 Å². The van der Waals surface area contributed by atoms with Crippen molar-refractivity contribution in [3.8, 4) is 5.69 Å². The van der Waals surface area contributed by atoms with Crippen molar-refractivity contribution >= 4 is 17.3 Å². The average Bonchev–Trinajstić information content (AvgIpc) is 3.12. The van der Waals surface area contributed by atoms with Crippen molar-refractivity contribution in [1.82, 2.24) is 20.2 Å². The number of aryl methyl sites for hydroxylation is 1. The summed E-state index contributed by atoms with van der Waals surface area (Å²) in [5.41, 5.74) is 3.85. The van der Waals surface area contributed by atoms with Crippen LogP contribution >= 0.6 is 0 Å². The maximum atomic E-state index is 11.6. The molecule has 0 radical (unpaired) electrons. The molecule has 0 spiro atoms. The van der Waals surface area contributed by atoms with E-state index >= 15 is 0 Å². The molecule has 1 aliphatic heterocycles. The summed E-state index contributed by atoms with van der Waals surface area (Å²) < 4.78 is 1.72. The fourth-order valence-electron chi connectivity index (χ4n) is 2.99. The van der Waals surface area contributed by atoms with E-state index in [-0.39, 0.29) is 11.9 Å². The van der Waals surface area contributed by atoms with Crippen LogP contribution < -0.4 is 10.6 Å². The number of hydrogen-bond donors (Lipinski definition) is 2. The molecule has 1 aromatic heterocycles. The lowest BCUT2D eigenvalue weighted by Crippen LogP contribution is -2.19. The summed E-state index contributed by atoms with van der Waals surface area (Å²) in [6, 6.07) is 15.7. The number of benzene rings is 2. The highest BCUT2D eigenvalue weighted by molar-refractivity contribution is 5.94. The second-order valence-electron chi connectivity index (χ2n) is 6.07. The Kier molecular flexibility index (Phi) is 3.89. The van der Waals surface area contributed by atoms with Crippen molar-refractivity contribution in [2.24, 2.45) is 0 Å². The molecule has 2 heterocycles. The SMILES string of the molecule is C[C@@H](Nc1ccc2c(c1)NC(=O)CC2)c1nnnn1-c1ccccc1. The molecular weight excluding hydrogens is 316 g/mol. The number of nitrogens with one attached hydrogen (secondary N) is 2. The lowest BCUT2D eigenvalue weighted by molar-refractivity contribution is -0.116. The molecule has 0 saturated heterocycles. The monoisotopic (exact) mass is 334 g/mol. The Morgan fingerprint density at radius 3 is 2.84 bits per heavy atom. The van der Waals surface area contributed by atoms with E-state index < -0.39 is 0 Å². The van der Waals surface area contributed by atoms with Crippen LogP contribution in [0.2, 0.25) is 0 Å². The number of carbonyl (C=O) groups is 1. The van der Waals surface area contributed by atoms with Crippen LogP contribution in [0.15, 0.2) is 48.5 Å². The number of hydrogen-bond acceptors (Lipinski definition) is 5. The van der Waals surface area contributed by atoms with E-state index in [1.807, 2.05) is 55.5 Å². The summed E-state index contributed by atoms with van der Waals surface area (Å²) >= 11 is 0. The Bertz CT molecular complexity index is 905. The van der Waals surface area contributed by atoms with Crippen LogP contribution in [0.3, 0.4) is 0 Å². The van der Waals surface area contributed by atoms with Crippen LogP contribution in [0.4, 0.5) is 11.4 Å². The third kappa shape index (κ3) is 3.08. The lowest BCUT2D eigenvalue weighted by Gasteiger charge is -2.20. The van der Waals surface area contributed by atoms with Crippen molar-refractivity contribution in [2.45, 2.75) is 25.8 Å². The van der Waals surface area contributed by atoms with Crippen molar-refractivity contribution in [3.05, 3.63) is 59.9 Å². The fraction of sp³-hybridized carbons (Fsp3) is 0.222. The van der Waals surface area contributed by atoms with Gasteiger partial charge in [-0.05, 0) is 53.6 Å². The topological polar surface area (TPSA) is 84.7 Å². The molecule has 2 N–H and O–H groups in total. The molecule has 3 aromatic rings. The largest absolute Gasteiger partial charge is 0.375 e. The average molecular weight is 334 g/mol. The smallest absolute Gasteiger partial charge is 0.224 e. The quantitative estimate of drug-likeness (QED) is 0.766. The number of amides is 1. The van der Waals surface area contributed by atoms with Gasteiger partial charge in [-0.3, -0.25) is 4.79 Å². The lowest BCUT2D eigenvalue weighted by atomic mass is 10.0. The van der Waals surface area contributed by atoms with Crippen LogP contribution in [-0.4, -0.2) is 26.1 Å². The minimum Gasteiger partial charge on any atom is -0.375 e. The standard InChI is InChI=1S/C18H18N6O/c1-12(18-21-22-23-24(18)15-5-3-2-4-6-15)19-14-9-7-13-8-10-17(25)20-16(13)11-14/h2-7,9,11-12,19H,8,10H2,1H3,(H,20,25)/t12-/m1/s1. The van der Waals surface area contributed by atoms with Crippen LogP contribution in [0, 0.1) is 0 Å².